The topological polar surface area (TPSA) is 71.0 Å². The molecule has 6 nitrogen and oxygen atoms in total. The predicted molar refractivity (Wildman–Crippen MR) is 121 cm³/mol. The summed E-state index contributed by atoms with van der Waals surface area (Å²) in [5, 5.41) is 5.58. The van der Waals surface area contributed by atoms with Gasteiger partial charge in [-0.15, -0.1) is 11.3 Å². The number of hydrogen-bond donors (Lipinski definition) is 1. The highest BCUT2D eigenvalue weighted by molar-refractivity contribution is 8.13. The van der Waals surface area contributed by atoms with E-state index in [1.165, 1.54) is 11.8 Å². The van der Waals surface area contributed by atoms with Crippen molar-refractivity contribution >= 4 is 40.3 Å². The third-order valence-corrected chi connectivity index (χ3v) is 7.20. The molecule has 0 aliphatic carbocycles. The van der Waals surface area contributed by atoms with Gasteiger partial charge in [-0.1, -0.05) is 36.0 Å². The van der Waals surface area contributed by atoms with Gasteiger partial charge >= 0.3 is 6.09 Å². The standard InChI is InChI=1S/C22H25N3O3S2/c1-21(2,3)28-20(27)25-12-16-13-30-19(23-18(26)15-8-5-4-6-9-15)24-22(16,14-25)17-10-7-11-29-17/h4-11,16H,12-14H2,1-3H3,(H,23,24,26)/t16-,22-/m0/s1. The summed E-state index contributed by atoms with van der Waals surface area (Å²) in [6.07, 6.45) is -0.317. The average Bonchev–Trinajstić information content (AvgIpc) is 3.36. The molecular weight excluding hydrogens is 418 g/mol. The number of rotatable bonds is 2. The molecule has 3 heterocycles. The minimum absolute atomic E-state index is 0.158. The normalized spacial score (nSPS) is 23.5. The number of amidine groups is 1. The Hall–Kier alpha value is -2.32. The summed E-state index contributed by atoms with van der Waals surface area (Å²) >= 11 is 3.16. The highest BCUT2D eigenvalue weighted by atomic mass is 32.2. The van der Waals surface area contributed by atoms with Crippen molar-refractivity contribution in [2.75, 3.05) is 18.8 Å². The minimum Gasteiger partial charge on any atom is -0.444 e. The van der Waals surface area contributed by atoms with Gasteiger partial charge < -0.3 is 15.0 Å². The number of nitrogens with one attached hydrogen (secondary N) is 1. The first-order valence-electron chi connectivity index (χ1n) is 9.88. The van der Waals surface area contributed by atoms with Crippen LogP contribution in [-0.4, -0.2) is 46.5 Å². The third kappa shape index (κ3) is 4.25. The summed E-state index contributed by atoms with van der Waals surface area (Å²) in [6, 6.07) is 13.2. The molecule has 4 rings (SSSR count). The van der Waals surface area contributed by atoms with Gasteiger partial charge in [0.1, 0.15) is 11.1 Å². The first kappa shape index (κ1) is 20.9. The Morgan fingerprint density at radius 2 is 1.97 bits per heavy atom. The number of thiophene rings is 1. The van der Waals surface area contributed by atoms with Gasteiger partial charge in [-0.2, -0.15) is 0 Å². The van der Waals surface area contributed by atoms with Crippen LogP contribution in [0.4, 0.5) is 4.79 Å². The largest absolute Gasteiger partial charge is 0.444 e. The fourth-order valence-electron chi connectivity index (χ4n) is 3.76. The zero-order valence-corrected chi connectivity index (χ0v) is 18.9. The smallest absolute Gasteiger partial charge is 0.410 e. The molecule has 0 bridgehead atoms. The molecule has 0 radical (unpaired) electrons. The molecule has 0 spiro atoms. The lowest BCUT2D eigenvalue weighted by atomic mass is 9.87. The number of nitrogens with zero attached hydrogens (tertiary/aromatic N) is 2. The summed E-state index contributed by atoms with van der Waals surface area (Å²) in [5.41, 5.74) is -0.515. The van der Waals surface area contributed by atoms with Gasteiger partial charge in [0.15, 0.2) is 5.17 Å². The molecule has 1 fully saturated rings. The molecule has 1 N–H and O–H groups in total. The Morgan fingerprint density at radius 1 is 1.20 bits per heavy atom. The van der Waals surface area contributed by atoms with Crippen LogP contribution in [0.2, 0.25) is 0 Å². The second kappa shape index (κ2) is 8.07. The van der Waals surface area contributed by atoms with E-state index in [1.54, 1.807) is 28.4 Å². The number of likely N-dealkylation sites (tertiary alicyclic amines) is 1. The van der Waals surface area contributed by atoms with Gasteiger partial charge in [0.2, 0.25) is 0 Å². The van der Waals surface area contributed by atoms with Crippen LogP contribution in [0, 0.1) is 5.92 Å². The number of benzene rings is 1. The molecule has 2 aliphatic heterocycles. The van der Waals surface area contributed by atoms with Crippen molar-refractivity contribution in [1.82, 2.24) is 10.2 Å². The van der Waals surface area contributed by atoms with Crippen LogP contribution in [-0.2, 0) is 10.3 Å². The zero-order chi connectivity index (χ0) is 21.4. The Kier molecular flexibility index (Phi) is 5.63. The van der Waals surface area contributed by atoms with E-state index < -0.39 is 11.1 Å². The van der Waals surface area contributed by atoms with Gasteiger partial charge in [-0.25, -0.2) is 9.79 Å². The number of aliphatic imine (C=N–C) groups is 1. The highest BCUT2D eigenvalue weighted by Crippen LogP contribution is 2.47. The van der Waals surface area contributed by atoms with Crippen LogP contribution in [0.5, 0.6) is 0 Å². The maximum absolute atomic E-state index is 12.7. The van der Waals surface area contributed by atoms with Crippen LogP contribution in [0.15, 0.2) is 52.8 Å². The van der Waals surface area contributed by atoms with E-state index in [-0.39, 0.29) is 17.9 Å². The summed E-state index contributed by atoms with van der Waals surface area (Å²) in [5.74, 6) is 0.750. The molecule has 30 heavy (non-hydrogen) atoms. The quantitative estimate of drug-likeness (QED) is 0.749. The number of carbonyl (C=O) groups is 2. The number of amides is 2. The summed E-state index contributed by atoms with van der Waals surface area (Å²) < 4.78 is 5.60. The molecule has 1 aromatic carbocycles. The first-order valence-corrected chi connectivity index (χ1v) is 11.7. The SMILES string of the molecule is CC(C)(C)OC(=O)N1C[C@H]2CSC(NC(=O)c3ccccc3)=N[C@@]2(c2cccs2)C1. The van der Waals surface area contributed by atoms with Gasteiger partial charge in [-0.05, 0) is 44.4 Å². The van der Waals surface area contributed by atoms with E-state index in [2.05, 4.69) is 11.4 Å². The van der Waals surface area contributed by atoms with E-state index in [9.17, 15) is 9.59 Å². The van der Waals surface area contributed by atoms with Crippen LogP contribution < -0.4 is 5.32 Å². The third-order valence-electron chi connectivity index (χ3n) is 5.13. The van der Waals surface area contributed by atoms with Crippen molar-refractivity contribution in [3.63, 3.8) is 0 Å². The maximum atomic E-state index is 12.7. The van der Waals surface area contributed by atoms with Crippen molar-refractivity contribution in [2.45, 2.75) is 31.9 Å². The van der Waals surface area contributed by atoms with Crippen molar-refractivity contribution in [3.8, 4) is 0 Å². The van der Waals surface area contributed by atoms with Gasteiger partial charge in [0.05, 0.1) is 6.54 Å². The second-order valence-corrected chi connectivity index (χ2v) is 10.5. The van der Waals surface area contributed by atoms with E-state index in [0.717, 1.165) is 10.6 Å². The van der Waals surface area contributed by atoms with Crippen LogP contribution in [0.25, 0.3) is 0 Å². The molecule has 2 amide bonds. The predicted octanol–water partition coefficient (Wildman–Crippen LogP) is 4.34. The molecule has 2 aromatic rings. The van der Waals surface area contributed by atoms with E-state index in [0.29, 0.717) is 23.8 Å². The zero-order valence-electron chi connectivity index (χ0n) is 17.3. The molecule has 0 saturated carbocycles. The Morgan fingerprint density at radius 3 is 2.63 bits per heavy atom. The summed E-state index contributed by atoms with van der Waals surface area (Å²) in [6.45, 7) is 6.64. The summed E-state index contributed by atoms with van der Waals surface area (Å²) in [4.78, 5) is 33.3. The monoisotopic (exact) mass is 443 g/mol. The molecular formula is C22H25N3O3S2. The first-order chi connectivity index (χ1) is 14.3. The molecule has 1 aromatic heterocycles. The van der Waals surface area contributed by atoms with Gasteiger partial charge in [0, 0.05) is 28.7 Å². The van der Waals surface area contributed by atoms with E-state index in [4.69, 9.17) is 9.73 Å². The average molecular weight is 444 g/mol. The highest BCUT2D eigenvalue weighted by Gasteiger charge is 2.53. The number of fused-ring (bicyclic) bond motifs is 1. The van der Waals surface area contributed by atoms with E-state index in [1.807, 2.05) is 50.4 Å². The van der Waals surface area contributed by atoms with Crippen molar-refractivity contribution in [2.24, 2.45) is 10.9 Å². The van der Waals surface area contributed by atoms with Gasteiger partial charge in [0.25, 0.3) is 5.91 Å². The van der Waals surface area contributed by atoms with E-state index >= 15 is 0 Å². The Bertz CT molecular complexity index is 954. The number of thioether (sulfide) groups is 1. The lowest BCUT2D eigenvalue weighted by Crippen LogP contribution is -2.42. The molecule has 0 unspecified atom stereocenters. The number of carbonyl (C=O) groups excluding carboxylic acids is 2. The lowest BCUT2D eigenvalue weighted by molar-refractivity contribution is 0.0282. The van der Waals surface area contributed by atoms with Gasteiger partial charge in [-0.3, -0.25) is 4.79 Å². The Labute approximate surface area is 184 Å². The number of ether oxygens (including phenoxy) is 1. The fourth-order valence-corrected chi connectivity index (χ4v) is 5.83. The molecule has 2 atom stereocenters. The van der Waals surface area contributed by atoms with Crippen LogP contribution in [0.3, 0.4) is 0 Å². The molecule has 1 saturated heterocycles. The molecule has 2 aliphatic rings. The summed E-state index contributed by atoms with van der Waals surface area (Å²) in [7, 11) is 0. The minimum atomic E-state index is -0.560. The second-order valence-electron chi connectivity index (χ2n) is 8.51. The Balaban J connectivity index is 1.61. The maximum Gasteiger partial charge on any atom is 0.410 e. The van der Waals surface area contributed by atoms with Crippen molar-refractivity contribution in [3.05, 3.63) is 58.3 Å². The fraction of sp³-hybridized carbons (Fsp3) is 0.409. The number of hydrogen-bond acceptors (Lipinski definition) is 6. The van der Waals surface area contributed by atoms with Crippen LogP contribution >= 0.6 is 23.1 Å². The molecule has 158 valence electrons. The van der Waals surface area contributed by atoms with Crippen molar-refractivity contribution in [1.29, 1.82) is 0 Å². The van der Waals surface area contributed by atoms with Crippen molar-refractivity contribution < 1.29 is 14.3 Å². The molecule has 8 heteroatoms. The van der Waals surface area contributed by atoms with Crippen LogP contribution in [0.1, 0.15) is 36.0 Å². The lowest BCUT2D eigenvalue weighted by Gasteiger charge is -2.34.